The number of nitrogens with zero attached hydrogens (tertiary/aromatic N) is 1. The van der Waals surface area contributed by atoms with Gasteiger partial charge in [-0.3, -0.25) is 19.2 Å². The molecule has 0 aliphatic heterocycles. The van der Waals surface area contributed by atoms with Crippen LogP contribution in [0.15, 0.2) is 43.0 Å². The van der Waals surface area contributed by atoms with Gasteiger partial charge in [0.25, 0.3) is 0 Å². The third-order valence-corrected chi connectivity index (χ3v) is 6.46. The summed E-state index contributed by atoms with van der Waals surface area (Å²) in [6, 6.07) is 1.95. The molecular formula is C26H34N8O7. The van der Waals surface area contributed by atoms with Gasteiger partial charge in [-0.15, -0.1) is 0 Å². The van der Waals surface area contributed by atoms with Crippen LogP contribution in [0.3, 0.4) is 0 Å². The highest BCUT2D eigenvalue weighted by atomic mass is 16.4. The predicted molar refractivity (Wildman–Crippen MR) is 146 cm³/mol. The van der Waals surface area contributed by atoms with E-state index in [-0.39, 0.29) is 25.7 Å². The number of H-pyrrole nitrogens is 2. The number of hydrogen-bond donors (Lipinski definition) is 9. The summed E-state index contributed by atoms with van der Waals surface area (Å²) < 4.78 is 0. The summed E-state index contributed by atoms with van der Waals surface area (Å²) in [4.78, 5) is 72.4. The van der Waals surface area contributed by atoms with Crippen molar-refractivity contribution in [1.82, 2.24) is 30.9 Å². The number of hydrogen-bond acceptors (Lipinski definition) is 8. The lowest BCUT2D eigenvalue weighted by Gasteiger charge is -2.25. The first-order valence-electron chi connectivity index (χ1n) is 12.8. The number of carbonyl (C=O) groups is 5. The molecule has 0 aliphatic rings. The van der Waals surface area contributed by atoms with Gasteiger partial charge in [0.15, 0.2) is 0 Å². The minimum atomic E-state index is -1.36. The number of aliphatic carboxylic acids is 1. The van der Waals surface area contributed by atoms with Crippen LogP contribution >= 0.6 is 0 Å². The first-order chi connectivity index (χ1) is 19.5. The van der Waals surface area contributed by atoms with Crippen LogP contribution in [0.5, 0.6) is 0 Å². The van der Waals surface area contributed by atoms with Crippen LogP contribution in [0.4, 0.5) is 0 Å². The second-order valence-electron chi connectivity index (χ2n) is 9.64. The number of nitrogens with two attached hydrogens (primary N) is 2. The third-order valence-electron chi connectivity index (χ3n) is 6.46. The Bertz CT molecular complexity index is 1370. The van der Waals surface area contributed by atoms with Crippen molar-refractivity contribution in [1.29, 1.82) is 0 Å². The molecule has 0 fully saturated rings. The maximum Gasteiger partial charge on any atom is 0.326 e. The van der Waals surface area contributed by atoms with Gasteiger partial charge in [-0.1, -0.05) is 18.2 Å². The Morgan fingerprint density at radius 2 is 1.61 bits per heavy atom. The molecule has 3 aromatic rings. The summed E-state index contributed by atoms with van der Waals surface area (Å²) in [7, 11) is 0. The van der Waals surface area contributed by atoms with E-state index in [1.54, 1.807) is 12.3 Å². The van der Waals surface area contributed by atoms with Gasteiger partial charge in [0.05, 0.1) is 12.4 Å². The van der Waals surface area contributed by atoms with Crippen LogP contribution in [-0.2, 0) is 36.8 Å². The van der Waals surface area contributed by atoms with Crippen molar-refractivity contribution in [2.75, 3.05) is 0 Å². The summed E-state index contributed by atoms with van der Waals surface area (Å²) in [6.45, 7) is 1.30. The molecule has 11 N–H and O–H groups in total. The first-order valence-corrected chi connectivity index (χ1v) is 12.8. The fourth-order valence-corrected chi connectivity index (χ4v) is 4.13. The van der Waals surface area contributed by atoms with E-state index in [4.69, 9.17) is 11.5 Å². The molecule has 0 spiro atoms. The summed E-state index contributed by atoms with van der Waals surface area (Å²) in [6.07, 6.45) is 2.64. The third kappa shape index (κ3) is 8.61. The maximum atomic E-state index is 13.5. The molecule has 0 aliphatic carbocycles. The molecular weight excluding hydrogens is 536 g/mol. The molecule has 220 valence electrons. The van der Waals surface area contributed by atoms with E-state index in [0.717, 1.165) is 10.9 Å². The van der Waals surface area contributed by atoms with Crippen LogP contribution in [0, 0.1) is 0 Å². The van der Waals surface area contributed by atoms with Crippen LogP contribution in [0.25, 0.3) is 10.9 Å². The number of carbonyl (C=O) groups excluding carboxylic acids is 4. The number of benzene rings is 1. The summed E-state index contributed by atoms with van der Waals surface area (Å²) >= 11 is 0. The number of aromatic nitrogens is 3. The van der Waals surface area contributed by atoms with Gasteiger partial charge in [-0.2, -0.15) is 0 Å². The number of fused-ring (bicyclic) bond motifs is 1. The molecule has 0 bridgehead atoms. The molecule has 0 radical (unpaired) electrons. The second-order valence-corrected chi connectivity index (χ2v) is 9.64. The van der Waals surface area contributed by atoms with Crippen molar-refractivity contribution in [3.05, 3.63) is 54.2 Å². The molecule has 5 unspecified atom stereocenters. The zero-order valence-electron chi connectivity index (χ0n) is 22.3. The monoisotopic (exact) mass is 570 g/mol. The molecule has 15 nitrogen and oxygen atoms in total. The highest BCUT2D eigenvalue weighted by Crippen LogP contribution is 2.19. The van der Waals surface area contributed by atoms with Gasteiger partial charge < -0.3 is 47.6 Å². The fraction of sp³-hybridized carbons (Fsp3) is 0.385. The van der Waals surface area contributed by atoms with Crippen molar-refractivity contribution >= 4 is 40.5 Å². The Balaban J connectivity index is 1.87. The van der Waals surface area contributed by atoms with E-state index < -0.39 is 59.9 Å². The minimum absolute atomic E-state index is 0.0400. The topological polar surface area (TPSA) is 258 Å². The second kappa shape index (κ2) is 14.0. The predicted octanol–water partition coefficient (Wildman–Crippen LogP) is -1.81. The standard InChI is InChI=1S/C26H34N8O7/c1-13(35)22(28)25(39)32-18(6-7-21(27)36)23(37)33-19(8-14-10-30-17-5-3-2-4-16(14)17)24(38)34-20(26(40)41)9-15-11-29-12-31-15/h2-5,10-13,18-20,22,30,35H,6-9,28H2,1H3,(H2,27,36)(H,29,31)(H,32,39)(H,33,37)(H,34,38)(H,40,41). The molecule has 4 amide bonds. The highest BCUT2D eigenvalue weighted by molar-refractivity contribution is 5.95. The van der Waals surface area contributed by atoms with Crippen molar-refractivity contribution in [2.45, 2.75) is 62.9 Å². The molecule has 5 atom stereocenters. The van der Waals surface area contributed by atoms with Crippen molar-refractivity contribution in [3.63, 3.8) is 0 Å². The number of amides is 4. The lowest BCUT2D eigenvalue weighted by atomic mass is 10.0. The van der Waals surface area contributed by atoms with Crippen molar-refractivity contribution in [3.8, 4) is 0 Å². The first kappa shape index (κ1) is 30.8. The molecule has 0 saturated heterocycles. The van der Waals surface area contributed by atoms with Gasteiger partial charge in [-0.05, 0) is 25.0 Å². The Morgan fingerprint density at radius 1 is 0.951 bits per heavy atom. The molecule has 0 saturated carbocycles. The highest BCUT2D eigenvalue weighted by Gasteiger charge is 2.32. The van der Waals surface area contributed by atoms with Gasteiger partial charge in [0.1, 0.15) is 24.2 Å². The number of imidazole rings is 1. The van der Waals surface area contributed by atoms with E-state index in [1.165, 1.54) is 19.4 Å². The van der Waals surface area contributed by atoms with E-state index in [9.17, 15) is 34.2 Å². The van der Waals surface area contributed by atoms with Crippen LogP contribution in [-0.4, -0.2) is 85.0 Å². The lowest BCUT2D eigenvalue weighted by Crippen LogP contribution is -2.58. The number of aliphatic hydroxyl groups excluding tert-OH is 1. The Morgan fingerprint density at radius 3 is 2.24 bits per heavy atom. The SMILES string of the molecule is CC(O)C(N)C(=O)NC(CCC(N)=O)C(=O)NC(Cc1c[nH]c2ccccc12)C(=O)NC(Cc1cnc[nH]1)C(=O)O. The van der Waals surface area contributed by atoms with E-state index in [2.05, 4.69) is 30.9 Å². The molecule has 1 aromatic carbocycles. The minimum Gasteiger partial charge on any atom is -0.480 e. The number of rotatable bonds is 15. The quantitative estimate of drug-likeness (QED) is 0.0995. The van der Waals surface area contributed by atoms with Crippen molar-refractivity contribution < 1.29 is 34.2 Å². The lowest BCUT2D eigenvalue weighted by molar-refractivity contribution is -0.142. The van der Waals surface area contributed by atoms with Gasteiger partial charge >= 0.3 is 5.97 Å². The zero-order valence-corrected chi connectivity index (χ0v) is 22.3. The summed E-state index contributed by atoms with van der Waals surface area (Å²) in [5.74, 6) is -4.52. The molecule has 3 rings (SSSR count). The van der Waals surface area contributed by atoms with E-state index in [0.29, 0.717) is 11.3 Å². The Hall–Kier alpha value is -4.76. The number of aliphatic hydroxyl groups is 1. The number of nitrogens with one attached hydrogen (secondary N) is 5. The van der Waals surface area contributed by atoms with Gasteiger partial charge in [0, 0.05) is 48.3 Å². The smallest absolute Gasteiger partial charge is 0.326 e. The van der Waals surface area contributed by atoms with Gasteiger partial charge in [0.2, 0.25) is 23.6 Å². The molecule has 15 heteroatoms. The maximum absolute atomic E-state index is 13.5. The zero-order chi connectivity index (χ0) is 30.1. The normalized spacial score (nSPS) is 14.8. The van der Waals surface area contributed by atoms with Crippen LogP contribution in [0.1, 0.15) is 31.0 Å². The van der Waals surface area contributed by atoms with E-state index in [1.807, 2.05) is 18.2 Å². The number of primary amides is 1. The number of carboxylic acid groups (broad SMARTS) is 1. The molecule has 2 aromatic heterocycles. The average Bonchev–Trinajstić information content (AvgIpc) is 3.59. The van der Waals surface area contributed by atoms with Crippen LogP contribution < -0.4 is 27.4 Å². The molecule has 41 heavy (non-hydrogen) atoms. The fourth-order valence-electron chi connectivity index (χ4n) is 4.13. The summed E-state index contributed by atoms with van der Waals surface area (Å²) in [5, 5.41) is 27.6. The van der Waals surface area contributed by atoms with Crippen molar-refractivity contribution in [2.24, 2.45) is 11.5 Å². The Kier molecular flexibility index (Phi) is 10.5. The number of carboxylic acids is 1. The number of para-hydroxylation sites is 1. The number of aromatic amines is 2. The Labute approximate surface area is 234 Å². The molecule has 2 heterocycles. The van der Waals surface area contributed by atoms with Gasteiger partial charge in [-0.25, -0.2) is 9.78 Å². The summed E-state index contributed by atoms with van der Waals surface area (Å²) in [5.41, 5.74) is 12.8. The average molecular weight is 571 g/mol. The largest absolute Gasteiger partial charge is 0.480 e. The van der Waals surface area contributed by atoms with Crippen LogP contribution in [0.2, 0.25) is 0 Å². The van der Waals surface area contributed by atoms with E-state index >= 15 is 0 Å².